The molecule has 1 atom stereocenters. The van der Waals surface area contributed by atoms with Gasteiger partial charge < -0.3 is 10.6 Å². The second-order valence-corrected chi connectivity index (χ2v) is 9.09. The van der Waals surface area contributed by atoms with Gasteiger partial charge in [0.25, 0.3) is 0 Å². The summed E-state index contributed by atoms with van der Waals surface area (Å²) in [5.74, 6) is 0.281. The Bertz CT molecular complexity index is 1120. The topological polar surface area (TPSA) is 74.1 Å². The van der Waals surface area contributed by atoms with Crippen molar-refractivity contribution in [2.75, 3.05) is 36.8 Å². The van der Waals surface area contributed by atoms with E-state index < -0.39 is 0 Å². The molecule has 4 rings (SSSR count). The molecule has 1 aliphatic rings. The van der Waals surface area contributed by atoms with Gasteiger partial charge in [-0.15, -0.1) is 0 Å². The highest BCUT2D eigenvalue weighted by Crippen LogP contribution is 2.36. The monoisotopic (exact) mass is 488 g/mol. The van der Waals surface area contributed by atoms with E-state index in [1.807, 2.05) is 24.3 Å². The second kappa shape index (κ2) is 10.0. The van der Waals surface area contributed by atoms with E-state index in [1.165, 1.54) is 5.56 Å². The van der Waals surface area contributed by atoms with Crippen LogP contribution in [0.3, 0.4) is 0 Å². The molecule has 166 valence electrons. The number of nitriles is 1. The second-order valence-electron chi connectivity index (χ2n) is 7.81. The van der Waals surface area contributed by atoms with Gasteiger partial charge >= 0.3 is 0 Å². The Hall–Kier alpha value is -2.43. The van der Waals surface area contributed by atoms with Crippen molar-refractivity contribution in [3.05, 3.63) is 74.9 Å². The Labute approximate surface area is 202 Å². The van der Waals surface area contributed by atoms with E-state index in [9.17, 15) is 0 Å². The molecule has 2 heterocycles. The first kappa shape index (κ1) is 22.8. The van der Waals surface area contributed by atoms with Crippen molar-refractivity contribution in [1.29, 1.82) is 5.26 Å². The first-order valence-corrected chi connectivity index (χ1v) is 11.5. The van der Waals surface area contributed by atoms with Gasteiger partial charge in [0, 0.05) is 49.0 Å². The van der Waals surface area contributed by atoms with Crippen LogP contribution >= 0.6 is 34.8 Å². The number of benzene rings is 2. The lowest BCUT2D eigenvalue weighted by Gasteiger charge is -2.43. The number of piperazine rings is 1. The molecule has 0 saturated carbocycles. The average molecular weight is 490 g/mol. The zero-order valence-electron chi connectivity index (χ0n) is 17.4. The number of anilines is 2. The summed E-state index contributed by atoms with van der Waals surface area (Å²) in [7, 11) is 0. The van der Waals surface area contributed by atoms with Crippen molar-refractivity contribution in [3.8, 4) is 6.07 Å². The fourth-order valence-electron chi connectivity index (χ4n) is 4.11. The summed E-state index contributed by atoms with van der Waals surface area (Å²) in [6, 6.07) is 15.8. The quantitative estimate of drug-likeness (QED) is 0.512. The van der Waals surface area contributed by atoms with Crippen molar-refractivity contribution in [3.63, 3.8) is 0 Å². The van der Waals surface area contributed by atoms with Crippen LogP contribution in [0.4, 0.5) is 11.5 Å². The van der Waals surface area contributed by atoms with E-state index in [0.717, 1.165) is 38.3 Å². The van der Waals surface area contributed by atoms with Crippen molar-refractivity contribution in [1.82, 2.24) is 14.7 Å². The molecular formula is C23H23Cl3N6. The molecule has 0 radical (unpaired) electrons. The number of rotatable bonds is 6. The lowest BCUT2D eigenvalue weighted by atomic mass is 10.0. The number of aromatic nitrogens is 2. The third kappa shape index (κ3) is 5.13. The molecule has 32 heavy (non-hydrogen) atoms. The molecule has 1 aromatic heterocycles. The van der Waals surface area contributed by atoms with Crippen LogP contribution in [0.1, 0.15) is 23.6 Å². The van der Waals surface area contributed by atoms with Crippen LogP contribution in [-0.4, -0.2) is 40.9 Å². The smallest absolute Gasteiger partial charge is 0.163 e. The minimum atomic E-state index is 0.130. The van der Waals surface area contributed by atoms with Gasteiger partial charge in [-0.25, -0.2) is 0 Å². The summed E-state index contributed by atoms with van der Waals surface area (Å²) in [5, 5.41) is 15.2. The lowest BCUT2D eigenvalue weighted by molar-refractivity contribution is 0.217. The van der Waals surface area contributed by atoms with Crippen LogP contribution in [0.15, 0.2) is 48.7 Å². The van der Waals surface area contributed by atoms with E-state index in [2.05, 4.69) is 33.1 Å². The predicted molar refractivity (Wildman–Crippen MR) is 130 cm³/mol. The van der Waals surface area contributed by atoms with Crippen molar-refractivity contribution < 1.29 is 0 Å². The molecule has 0 unspecified atom stereocenters. The van der Waals surface area contributed by atoms with Crippen LogP contribution in [0.2, 0.25) is 15.1 Å². The standard InChI is InChI=1S/C23H23Cl3N6/c24-18-4-2-16(3-5-18)22-15-30(8-1-9-31-14-17(13-27)23(28)29-31)10-11-32(22)21-7-6-19(25)12-20(21)26/h2-7,12,14,22H,1,8-11,15H2,(H2,28,29)/t22-/m0/s1. The molecule has 0 spiro atoms. The molecular weight excluding hydrogens is 467 g/mol. The molecule has 0 aliphatic carbocycles. The zero-order valence-corrected chi connectivity index (χ0v) is 19.7. The van der Waals surface area contributed by atoms with Gasteiger partial charge in [-0.2, -0.15) is 10.4 Å². The van der Waals surface area contributed by atoms with Crippen molar-refractivity contribution in [2.24, 2.45) is 0 Å². The van der Waals surface area contributed by atoms with E-state index in [0.29, 0.717) is 27.2 Å². The molecule has 2 aromatic carbocycles. The van der Waals surface area contributed by atoms with Crippen LogP contribution in [0, 0.1) is 11.3 Å². The SMILES string of the molecule is N#Cc1cn(CCCN2CCN(c3ccc(Cl)cc3Cl)[C@H](c3ccc(Cl)cc3)C2)nc1N. The minimum Gasteiger partial charge on any atom is -0.381 e. The Morgan fingerprint density at radius 3 is 2.47 bits per heavy atom. The van der Waals surface area contributed by atoms with Crippen LogP contribution < -0.4 is 10.6 Å². The molecule has 9 heteroatoms. The maximum atomic E-state index is 9.05. The number of nitrogens with two attached hydrogens (primary N) is 1. The first-order chi connectivity index (χ1) is 15.4. The van der Waals surface area contributed by atoms with E-state index >= 15 is 0 Å². The summed E-state index contributed by atoms with van der Waals surface area (Å²) in [6.45, 7) is 4.22. The normalized spacial score (nSPS) is 16.8. The van der Waals surface area contributed by atoms with Crippen molar-refractivity contribution in [2.45, 2.75) is 19.0 Å². The number of nitrogen functional groups attached to an aromatic ring is 1. The maximum absolute atomic E-state index is 9.05. The first-order valence-electron chi connectivity index (χ1n) is 10.4. The molecule has 1 saturated heterocycles. The summed E-state index contributed by atoms with van der Waals surface area (Å²) in [5.41, 5.74) is 8.33. The number of halogens is 3. The Morgan fingerprint density at radius 2 is 1.78 bits per heavy atom. The number of nitrogens with zero attached hydrogens (tertiary/aromatic N) is 5. The Kier molecular flexibility index (Phi) is 7.12. The summed E-state index contributed by atoms with van der Waals surface area (Å²) in [4.78, 5) is 4.78. The van der Waals surface area contributed by atoms with E-state index in [-0.39, 0.29) is 11.9 Å². The highest BCUT2D eigenvalue weighted by molar-refractivity contribution is 6.36. The molecule has 2 N–H and O–H groups in total. The predicted octanol–water partition coefficient (Wildman–Crippen LogP) is 5.25. The van der Waals surface area contributed by atoms with E-state index in [1.54, 1.807) is 16.9 Å². The molecule has 0 amide bonds. The summed E-state index contributed by atoms with van der Waals surface area (Å²) >= 11 is 18.8. The molecule has 3 aromatic rings. The number of aryl methyl sites for hydroxylation is 1. The zero-order chi connectivity index (χ0) is 22.7. The number of hydrogen-bond acceptors (Lipinski definition) is 5. The van der Waals surface area contributed by atoms with Gasteiger partial charge in [0.2, 0.25) is 0 Å². The Morgan fingerprint density at radius 1 is 1.03 bits per heavy atom. The van der Waals surface area contributed by atoms with Crippen LogP contribution in [0.5, 0.6) is 0 Å². The fourth-order valence-corrected chi connectivity index (χ4v) is 4.75. The molecule has 0 bridgehead atoms. The van der Waals surface area contributed by atoms with Gasteiger partial charge in [0.1, 0.15) is 11.6 Å². The third-order valence-electron chi connectivity index (χ3n) is 5.71. The van der Waals surface area contributed by atoms with Crippen LogP contribution in [-0.2, 0) is 6.54 Å². The highest BCUT2D eigenvalue weighted by atomic mass is 35.5. The van der Waals surface area contributed by atoms with Gasteiger partial charge in [0.15, 0.2) is 5.82 Å². The highest BCUT2D eigenvalue weighted by Gasteiger charge is 2.29. The Balaban J connectivity index is 1.48. The van der Waals surface area contributed by atoms with E-state index in [4.69, 9.17) is 45.8 Å². The van der Waals surface area contributed by atoms with Gasteiger partial charge in [0.05, 0.1) is 16.8 Å². The summed E-state index contributed by atoms with van der Waals surface area (Å²) < 4.78 is 1.74. The largest absolute Gasteiger partial charge is 0.381 e. The summed E-state index contributed by atoms with van der Waals surface area (Å²) in [6.07, 6.45) is 2.60. The maximum Gasteiger partial charge on any atom is 0.163 e. The van der Waals surface area contributed by atoms with Crippen LogP contribution in [0.25, 0.3) is 0 Å². The molecule has 1 fully saturated rings. The molecule has 1 aliphatic heterocycles. The van der Waals surface area contributed by atoms with Gasteiger partial charge in [-0.3, -0.25) is 9.58 Å². The van der Waals surface area contributed by atoms with Gasteiger partial charge in [-0.05, 0) is 42.3 Å². The average Bonchev–Trinajstić information content (AvgIpc) is 3.14. The van der Waals surface area contributed by atoms with Crippen molar-refractivity contribution >= 4 is 46.3 Å². The third-order valence-corrected chi connectivity index (χ3v) is 6.50. The number of hydrogen-bond donors (Lipinski definition) is 1. The fraction of sp³-hybridized carbons (Fsp3) is 0.304. The van der Waals surface area contributed by atoms with Gasteiger partial charge in [-0.1, -0.05) is 46.9 Å². The molecule has 6 nitrogen and oxygen atoms in total. The minimum absolute atomic E-state index is 0.130. The lowest BCUT2D eigenvalue weighted by Crippen LogP contribution is -2.49.